The van der Waals surface area contributed by atoms with Gasteiger partial charge in [0.25, 0.3) is 0 Å². The molecule has 168 valence electrons. The van der Waals surface area contributed by atoms with Gasteiger partial charge >= 0.3 is 0 Å². The third-order valence-corrected chi connectivity index (χ3v) is 5.89. The van der Waals surface area contributed by atoms with Crippen LogP contribution in [0, 0.1) is 0 Å². The maximum absolute atomic E-state index is 12.0. The Balaban J connectivity index is 1.33. The number of ether oxygens (including phenoxy) is 2. The van der Waals surface area contributed by atoms with Gasteiger partial charge in [0.2, 0.25) is 5.91 Å². The summed E-state index contributed by atoms with van der Waals surface area (Å²) in [6.45, 7) is 3.26. The van der Waals surface area contributed by atoms with Crippen LogP contribution in [0.3, 0.4) is 0 Å². The van der Waals surface area contributed by atoms with E-state index in [1.165, 1.54) is 16.5 Å². The highest BCUT2D eigenvalue weighted by Crippen LogP contribution is 2.22. The Bertz CT molecular complexity index is 1040. The Kier molecular flexibility index (Phi) is 7.35. The lowest BCUT2D eigenvalue weighted by Crippen LogP contribution is -2.43. The minimum absolute atomic E-state index is 0.0537. The van der Waals surface area contributed by atoms with Crippen molar-refractivity contribution < 1.29 is 14.3 Å². The largest absolute Gasteiger partial charge is 0.490 e. The van der Waals surface area contributed by atoms with E-state index in [0.29, 0.717) is 0 Å². The van der Waals surface area contributed by atoms with Gasteiger partial charge in [0.05, 0.1) is 5.52 Å². The second-order valence-electron chi connectivity index (χ2n) is 8.44. The molecule has 1 aliphatic heterocycles. The Morgan fingerprint density at radius 1 is 1.09 bits per heavy atom. The van der Waals surface area contributed by atoms with E-state index < -0.39 is 0 Å². The molecule has 6 nitrogen and oxygen atoms in total. The first kappa shape index (κ1) is 22.2. The Hall–Kier alpha value is -2.96. The molecule has 0 unspecified atom stereocenters. The number of benzene rings is 2. The van der Waals surface area contributed by atoms with E-state index in [4.69, 9.17) is 9.47 Å². The zero-order valence-electron chi connectivity index (χ0n) is 18.9. The average Bonchev–Trinajstić information content (AvgIpc) is 2.80. The van der Waals surface area contributed by atoms with E-state index in [-0.39, 0.29) is 18.6 Å². The van der Waals surface area contributed by atoms with Crippen molar-refractivity contribution in [2.75, 3.05) is 33.9 Å². The summed E-state index contributed by atoms with van der Waals surface area (Å²) < 4.78 is 11.2. The number of fused-ring (bicyclic) bond motifs is 1. The number of likely N-dealkylation sites (tertiary alicyclic amines) is 1. The number of hydrogen-bond acceptors (Lipinski definition) is 5. The maximum Gasteiger partial charge on any atom is 0.248 e. The van der Waals surface area contributed by atoms with Gasteiger partial charge in [0.15, 0.2) is 0 Å². The Morgan fingerprint density at radius 3 is 2.72 bits per heavy atom. The predicted octanol–water partition coefficient (Wildman–Crippen LogP) is 3.88. The molecule has 0 spiro atoms. The molecular formula is C26H31N3O3. The normalized spacial score (nSPS) is 14.8. The monoisotopic (exact) mass is 433 g/mol. The number of carbonyl (C=O) groups excluding carboxylic acids is 1. The molecule has 4 rings (SSSR count). The SMILES string of the molecule is COCC(=O)N1CCC(Oc2cccc(CN(C)Cc3cccc4ncccc34)c2)CC1. The van der Waals surface area contributed by atoms with Gasteiger partial charge in [-0.3, -0.25) is 14.7 Å². The van der Waals surface area contributed by atoms with Gasteiger partial charge in [0, 0.05) is 57.7 Å². The van der Waals surface area contributed by atoms with E-state index in [0.717, 1.165) is 50.3 Å². The number of aromatic nitrogens is 1. The molecular weight excluding hydrogens is 402 g/mol. The molecule has 0 radical (unpaired) electrons. The molecule has 0 bridgehead atoms. The number of piperidine rings is 1. The first-order chi connectivity index (χ1) is 15.6. The predicted molar refractivity (Wildman–Crippen MR) is 125 cm³/mol. The second kappa shape index (κ2) is 10.6. The lowest BCUT2D eigenvalue weighted by Gasteiger charge is -2.32. The van der Waals surface area contributed by atoms with Gasteiger partial charge < -0.3 is 14.4 Å². The minimum atomic E-state index is 0.0537. The minimum Gasteiger partial charge on any atom is -0.490 e. The molecule has 1 aromatic heterocycles. The van der Waals surface area contributed by atoms with Crippen LogP contribution in [0.4, 0.5) is 0 Å². The van der Waals surface area contributed by atoms with Crippen molar-refractivity contribution in [1.29, 1.82) is 0 Å². The molecule has 2 aromatic carbocycles. The smallest absolute Gasteiger partial charge is 0.248 e. The fourth-order valence-electron chi connectivity index (χ4n) is 4.31. The van der Waals surface area contributed by atoms with Gasteiger partial charge in [-0.1, -0.05) is 30.3 Å². The fraction of sp³-hybridized carbons (Fsp3) is 0.385. The van der Waals surface area contributed by atoms with Crippen molar-refractivity contribution in [3.05, 3.63) is 71.9 Å². The number of amides is 1. The second-order valence-corrected chi connectivity index (χ2v) is 8.44. The van der Waals surface area contributed by atoms with Crippen molar-refractivity contribution in [1.82, 2.24) is 14.8 Å². The van der Waals surface area contributed by atoms with Crippen molar-refractivity contribution in [3.63, 3.8) is 0 Å². The zero-order chi connectivity index (χ0) is 22.3. The number of hydrogen-bond donors (Lipinski definition) is 0. The topological polar surface area (TPSA) is 54.9 Å². The third kappa shape index (κ3) is 5.64. The highest BCUT2D eigenvalue weighted by molar-refractivity contribution is 5.81. The number of pyridine rings is 1. The van der Waals surface area contributed by atoms with Gasteiger partial charge in [-0.25, -0.2) is 0 Å². The van der Waals surface area contributed by atoms with Crippen LogP contribution in [-0.4, -0.2) is 60.6 Å². The van der Waals surface area contributed by atoms with Crippen LogP contribution in [0.1, 0.15) is 24.0 Å². The van der Waals surface area contributed by atoms with Crippen molar-refractivity contribution >= 4 is 16.8 Å². The van der Waals surface area contributed by atoms with Crippen LogP contribution in [-0.2, 0) is 22.6 Å². The summed E-state index contributed by atoms with van der Waals surface area (Å²) in [5, 5.41) is 1.20. The van der Waals surface area contributed by atoms with Gasteiger partial charge in [0.1, 0.15) is 18.5 Å². The number of carbonyl (C=O) groups is 1. The van der Waals surface area contributed by atoms with Crippen LogP contribution < -0.4 is 4.74 Å². The Labute approximate surface area is 189 Å². The molecule has 0 N–H and O–H groups in total. The first-order valence-electron chi connectivity index (χ1n) is 11.2. The molecule has 32 heavy (non-hydrogen) atoms. The molecule has 0 atom stereocenters. The van der Waals surface area contributed by atoms with E-state index in [1.54, 1.807) is 7.11 Å². The van der Waals surface area contributed by atoms with Crippen LogP contribution in [0.2, 0.25) is 0 Å². The van der Waals surface area contributed by atoms with Crippen LogP contribution in [0.5, 0.6) is 5.75 Å². The van der Waals surface area contributed by atoms with Crippen LogP contribution in [0.25, 0.3) is 10.9 Å². The first-order valence-corrected chi connectivity index (χ1v) is 11.2. The third-order valence-electron chi connectivity index (χ3n) is 5.89. The van der Waals surface area contributed by atoms with Gasteiger partial charge in [-0.05, 0) is 42.4 Å². The highest BCUT2D eigenvalue weighted by Gasteiger charge is 2.23. The summed E-state index contributed by atoms with van der Waals surface area (Å²) in [5.41, 5.74) is 3.53. The molecule has 0 aliphatic carbocycles. The Morgan fingerprint density at radius 2 is 1.91 bits per heavy atom. The summed E-state index contributed by atoms with van der Waals surface area (Å²) in [6.07, 6.45) is 3.66. The molecule has 0 saturated carbocycles. The standard InChI is InChI=1S/C26H31N3O3/c1-28(18-21-7-4-10-25-24(21)9-5-13-27-25)17-20-6-3-8-23(16-20)32-22-11-14-29(15-12-22)26(30)19-31-2/h3-10,13,16,22H,11-12,14-15,17-19H2,1-2H3. The average molecular weight is 434 g/mol. The number of methoxy groups -OCH3 is 1. The van der Waals surface area contributed by atoms with Crippen LogP contribution >= 0.6 is 0 Å². The van der Waals surface area contributed by atoms with Crippen molar-refractivity contribution in [3.8, 4) is 5.75 Å². The lowest BCUT2D eigenvalue weighted by atomic mass is 10.1. The molecule has 1 aliphatic rings. The maximum atomic E-state index is 12.0. The summed E-state index contributed by atoms with van der Waals surface area (Å²) >= 11 is 0. The molecule has 1 amide bonds. The van der Waals surface area contributed by atoms with Gasteiger partial charge in [-0.15, -0.1) is 0 Å². The van der Waals surface area contributed by atoms with E-state index >= 15 is 0 Å². The molecule has 1 fully saturated rings. The summed E-state index contributed by atoms with van der Waals surface area (Å²) in [5.74, 6) is 0.949. The summed E-state index contributed by atoms with van der Waals surface area (Å²) in [7, 11) is 3.69. The van der Waals surface area contributed by atoms with Crippen molar-refractivity contribution in [2.45, 2.75) is 32.0 Å². The molecule has 6 heteroatoms. The molecule has 1 saturated heterocycles. The highest BCUT2D eigenvalue weighted by atomic mass is 16.5. The van der Waals surface area contributed by atoms with Crippen LogP contribution in [0.15, 0.2) is 60.8 Å². The van der Waals surface area contributed by atoms with E-state index in [9.17, 15) is 4.79 Å². The summed E-state index contributed by atoms with van der Waals surface area (Å²) in [4.78, 5) is 20.6. The van der Waals surface area contributed by atoms with E-state index in [2.05, 4.69) is 59.4 Å². The quantitative estimate of drug-likeness (QED) is 0.540. The summed E-state index contributed by atoms with van der Waals surface area (Å²) in [6, 6.07) is 18.8. The van der Waals surface area contributed by atoms with E-state index in [1.807, 2.05) is 23.2 Å². The molecule has 2 heterocycles. The van der Waals surface area contributed by atoms with Crippen molar-refractivity contribution in [2.24, 2.45) is 0 Å². The fourth-order valence-corrected chi connectivity index (χ4v) is 4.31. The lowest BCUT2D eigenvalue weighted by molar-refractivity contribution is -0.136. The molecule has 3 aromatic rings. The van der Waals surface area contributed by atoms with Gasteiger partial charge in [-0.2, -0.15) is 0 Å². The number of nitrogens with zero attached hydrogens (tertiary/aromatic N) is 3. The number of rotatable bonds is 8. The zero-order valence-corrected chi connectivity index (χ0v) is 18.9.